The Balaban J connectivity index is 1.63. The summed E-state index contributed by atoms with van der Waals surface area (Å²) in [5.74, 6) is 0. The maximum Gasteiger partial charge on any atom is 0.0701 e. The van der Waals surface area contributed by atoms with Crippen LogP contribution in [0, 0.1) is 0 Å². The zero-order valence-electron chi connectivity index (χ0n) is 16.8. The molecule has 1 saturated heterocycles. The Bertz CT molecular complexity index is 844. The van der Waals surface area contributed by atoms with Gasteiger partial charge in [0, 0.05) is 23.9 Å². The van der Waals surface area contributed by atoms with E-state index < -0.39 is 0 Å². The smallest absolute Gasteiger partial charge is 0.0701 e. The third-order valence-electron chi connectivity index (χ3n) is 5.19. The summed E-state index contributed by atoms with van der Waals surface area (Å²) in [5, 5.41) is 5.02. The molecule has 0 atom stereocenters. The molecular formula is C24H29NO4. The summed E-state index contributed by atoms with van der Waals surface area (Å²) < 4.78 is 22.7. The van der Waals surface area contributed by atoms with E-state index in [1.807, 2.05) is 0 Å². The minimum atomic E-state index is 0.594. The van der Waals surface area contributed by atoms with Crippen LogP contribution in [0.1, 0.15) is 0 Å². The van der Waals surface area contributed by atoms with Gasteiger partial charge in [0.15, 0.2) is 0 Å². The number of anilines is 1. The second-order valence-electron chi connectivity index (χ2n) is 7.10. The lowest BCUT2D eigenvalue weighted by molar-refractivity contribution is 0.00206. The van der Waals surface area contributed by atoms with Crippen LogP contribution in [-0.2, 0) is 18.9 Å². The third kappa shape index (κ3) is 5.25. The van der Waals surface area contributed by atoms with E-state index in [-0.39, 0.29) is 0 Å². The number of hydrogen-bond acceptors (Lipinski definition) is 5. The Labute approximate surface area is 172 Å². The first-order valence-corrected chi connectivity index (χ1v) is 10.4. The van der Waals surface area contributed by atoms with Gasteiger partial charge in [0.1, 0.15) is 0 Å². The standard InChI is InChI=1S/C24H29NO4/c1-3-7-22-20(5-1)19-21-6-2-4-8-23(21)24(22)25-9-11-26-13-15-28-17-18-29-16-14-27-12-10-25/h1-8,19H,9-18H2. The van der Waals surface area contributed by atoms with Crippen molar-refractivity contribution in [3.05, 3.63) is 54.6 Å². The number of nitrogens with zero attached hydrogens (tertiary/aromatic N) is 1. The Kier molecular flexibility index (Phi) is 7.32. The van der Waals surface area contributed by atoms with Gasteiger partial charge in [-0.3, -0.25) is 0 Å². The number of ether oxygens (including phenoxy) is 4. The molecule has 154 valence electrons. The molecule has 0 unspecified atom stereocenters. The molecule has 4 rings (SSSR count). The van der Waals surface area contributed by atoms with Crippen LogP contribution >= 0.6 is 0 Å². The molecular weight excluding hydrogens is 366 g/mol. The summed E-state index contributed by atoms with van der Waals surface area (Å²) in [5.41, 5.74) is 1.25. The van der Waals surface area contributed by atoms with E-state index >= 15 is 0 Å². The summed E-state index contributed by atoms with van der Waals surface area (Å²) in [6.07, 6.45) is 0. The summed E-state index contributed by atoms with van der Waals surface area (Å²) in [6, 6.07) is 19.4. The van der Waals surface area contributed by atoms with Crippen molar-refractivity contribution in [2.24, 2.45) is 0 Å². The average Bonchev–Trinajstić information content (AvgIpc) is 2.77. The fraction of sp³-hybridized carbons (Fsp3) is 0.417. The van der Waals surface area contributed by atoms with Crippen molar-refractivity contribution in [1.82, 2.24) is 0 Å². The molecule has 3 aromatic carbocycles. The zero-order chi connectivity index (χ0) is 19.7. The van der Waals surface area contributed by atoms with E-state index in [1.165, 1.54) is 27.2 Å². The van der Waals surface area contributed by atoms with E-state index in [0.29, 0.717) is 52.9 Å². The maximum absolute atomic E-state index is 5.84. The molecule has 1 aliphatic rings. The quantitative estimate of drug-likeness (QED) is 0.585. The highest BCUT2D eigenvalue weighted by Gasteiger charge is 2.15. The van der Waals surface area contributed by atoms with Gasteiger partial charge in [-0.2, -0.15) is 0 Å². The second-order valence-corrected chi connectivity index (χ2v) is 7.10. The molecule has 0 saturated carbocycles. The summed E-state index contributed by atoms with van der Waals surface area (Å²) in [6.45, 7) is 6.48. The zero-order valence-corrected chi connectivity index (χ0v) is 16.8. The minimum Gasteiger partial charge on any atom is -0.377 e. The van der Waals surface area contributed by atoms with Gasteiger partial charge in [-0.1, -0.05) is 48.5 Å². The third-order valence-corrected chi connectivity index (χ3v) is 5.19. The predicted octanol–water partition coefficient (Wildman–Crippen LogP) is 3.88. The molecule has 5 nitrogen and oxygen atoms in total. The van der Waals surface area contributed by atoms with E-state index in [1.54, 1.807) is 0 Å². The first-order chi connectivity index (χ1) is 14.4. The van der Waals surface area contributed by atoms with E-state index in [0.717, 1.165) is 13.1 Å². The lowest BCUT2D eigenvalue weighted by atomic mass is 10.00. The van der Waals surface area contributed by atoms with Crippen molar-refractivity contribution in [1.29, 1.82) is 0 Å². The van der Waals surface area contributed by atoms with Gasteiger partial charge in [-0.15, -0.1) is 0 Å². The highest BCUT2D eigenvalue weighted by atomic mass is 16.6. The van der Waals surface area contributed by atoms with Crippen molar-refractivity contribution in [2.45, 2.75) is 0 Å². The largest absolute Gasteiger partial charge is 0.377 e. The van der Waals surface area contributed by atoms with Crippen molar-refractivity contribution in [3.8, 4) is 0 Å². The van der Waals surface area contributed by atoms with Gasteiger partial charge in [-0.05, 0) is 16.8 Å². The van der Waals surface area contributed by atoms with Crippen LogP contribution in [0.5, 0.6) is 0 Å². The molecule has 0 aromatic heterocycles. The van der Waals surface area contributed by atoms with Crippen LogP contribution in [0.15, 0.2) is 54.6 Å². The highest BCUT2D eigenvalue weighted by Crippen LogP contribution is 2.35. The molecule has 0 spiro atoms. The molecule has 0 N–H and O–H groups in total. The Hall–Kier alpha value is -2.18. The average molecular weight is 395 g/mol. The van der Waals surface area contributed by atoms with Crippen LogP contribution in [0.2, 0.25) is 0 Å². The van der Waals surface area contributed by atoms with Crippen LogP contribution < -0.4 is 4.90 Å². The lowest BCUT2D eigenvalue weighted by Gasteiger charge is -2.28. The van der Waals surface area contributed by atoms with E-state index in [9.17, 15) is 0 Å². The Morgan fingerprint density at radius 1 is 0.517 bits per heavy atom. The summed E-state index contributed by atoms with van der Waals surface area (Å²) >= 11 is 0. The van der Waals surface area contributed by atoms with E-state index in [2.05, 4.69) is 59.5 Å². The fourth-order valence-electron chi connectivity index (χ4n) is 3.78. The number of hydrogen-bond donors (Lipinski definition) is 0. The molecule has 1 fully saturated rings. The van der Waals surface area contributed by atoms with Crippen LogP contribution in [-0.4, -0.2) is 65.9 Å². The molecule has 0 amide bonds. The van der Waals surface area contributed by atoms with Crippen LogP contribution in [0.4, 0.5) is 5.69 Å². The molecule has 0 aliphatic carbocycles. The highest BCUT2D eigenvalue weighted by molar-refractivity contribution is 6.11. The van der Waals surface area contributed by atoms with Gasteiger partial charge in [0.25, 0.3) is 0 Å². The van der Waals surface area contributed by atoms with Crippen molar-refractivity contribution in [3.63, 3.8) is 0 Å². The molecule has 5 heteroatoms. The molecule has 0 bridgehead atoms. The maximum atomic E-state index is 5.84. The van der Waals surface area contributed by atoms with Gasteiger partial charge in [0.05, 0.1) is 58.5 Å². The number of rotatable bonds is 1. The van der Waals surface area contributed by atoms with Crippen molar-refractivity contribution >= 4 is 27.2 Å². The summed E-state index contributed by atoms with van der Waals surface area (Å²) in [4.78, 5) is 2.39. The fourth-order valence-corrected chi connectivity index (χ4v) is 3.78. The second kappa shape index (κ2) is 10.6. The number of fused-ring (bicyclic) bond motifs is 2. The van der Waals surface area contributed by atoms with Gasteiger partial charge >= 0.3 is 0 Å². The Morgan fingerprint density at radius 3 is 1.41 bits per heavy atom. The monoisotopic (exact) mass is 395 g/mol. The first kappa shape index (κ1) is 20.1. The Morgan fingerprint density at radius 2 is 0.931 bits per heavy atom. The van der Waals surface area contributed by atoms with Crippen molar-refractivity contribution < 1.29 is 18.9 Å². The summed E-state index contributed by atoms with van der Waals surface area (Å²) in [7, 11) is 0. The first-order valence-electron chi connectivity index (χ1n) is 10.4. The van der Waals surface area contributed by atoms with Crippen LogP contribution in [0.25, 0.3) is 21.5 Å². The molecule has 1 heterocycles. The van der Waals surface area contributed by atoms with Crippen LogP contribution in [0.3, 0.4) is 0 Å². The molecule has 0 radical (unpaired) electrons. The normalized spacial score (nSPS) is 18.4. The topological polar surface area (TPSA) is 40.2 Å². The predicted molar refractivity (Wildman–Crippen MR) is 117 cm³/mol. The van der Waals surface area contributed by atoms with Crippen molar-refractivity contribution in [2.75, 3.05) is 70.8 Å². The molecule has 1 aliphatic heterocycles. The van der Waals surface area contributed by atoms with Gasteiger partial charge in [0.2, 0.25) is 0 Å². The van der Waals surface area contributed by atoms with E-state index in [4.69, 9.17) is 18.9 Å². The van der Waals surface area contributed by atoms with Gasteiger partial charge in [-0.25, -0.2) is 0 Å². The van der Waals surface area contributed by atoms with Gasteiger partial charge < -0.3 is 23.8 Å². The SMILES string of the molecule is c1ccc2c(N3CCOCCOCCOCCOCC3)c3ccccc3cc2c1. The molecule has 29 heavy (non-hydrogen) atoms. The number of benzene rings is 3. The molecule has 3 aromatic rings. The minimum absolute atomic E-state index is 0.594. The lowest BCUT2D eigenvalue weighted by Crippen LogP contribution is -2.32.